The van der Waals surface area contributed by atoms with Crippen molar-refractivity contribution in [3.05, 3.63) is 34.9 Å². The quantitative estimate of drug-likeness (QED) is 0.764. The van der Waals surface area contributed by atoms with E-state index in [0.717, 1.165) is 19.3 Å². The minimum absolute atomic E-state index is 0.0246. The SMILES string of the molecule is CCC(NC(=O)c1ccc(Cl)cc1)C1[C@H]2CC(N3C(=O)CC(C)(C)C3=O)C[C@@H]12. The summed E-state index contributed by atoms with van der Waals surface area (Å²) in [6, 6.07) is 7.08. The summed E-state index contributed by atoms with van der Waals surface area (Å²) in [6.45, 7) is 5.80. The number of benzene rings is 1. The molecule has 1 aliphatic heterocycles. The van der Waals surface area contributed by atoms with Crippen molar-refractivity contribution in [3.63, 3.8) is 0 Å². The van der Waals surface area contributed by atoms with E-state index in [4.69, 9.17) is 11.6 Å². The summed E-state index contributed by atoms with van der Waals surface area (Å²) in [6.07, 6.45) is 2.93. The lowest BCUT2D eigenvalue weighted by Crippen LogP contribution is -2.42. The first-order valence-corrected chi connectivity index (χ1v) is 10.5. The highest BCUT2D eigenvalue weighted by atomic mass is 35.5. The van der Waals surface area contributed by atoms with E-state index in [-0.39, 0.29) is 29.8 Å². The molecule has 3 fully saturated rings. The van der Waals surface area contributed by atoms with Crippen molar-refractivity contribution in [1.29, 1.82) is 0 Å². The van der Waals surface area contributed by atoms with Crippen LogP contribution < -0.4 is 5.32 Å². The van der Waals surface area contributed by atoms with Gasteiger partial charge in [-0.25, -0.2) is 0 Å². The smallest absolute Gasteiger partial charge is 0.251 e. The average Bonchev–Trinajstić information content (AvgIpc) is 3.03. The number of carbonyl (C=O) groups excluding carboxylic acids is 3. The molecule has 3 aliphatic rings. The molecule has 3 unspecified atom stereocenters. The third kappa shape index (κ3) is 3.24. The molecular weight excluding hydrogens is 376 g/mol. The van der Waals surface area contributed by atoms with Gasteiger partial charge in [-0.3, -0.25) is 19.3 Å². The summed E-state index contributed by atoms with van der Waals surface area (Å²) >= 11 is 5.90. The molecule has 1 heterocycles. The highest BCUT2D eigenvalue weighted by Crippen LogP contribution is 2.61. The number of imide groups is 1. The standard InChI is InChI=1S/C22H27ClN2O3/c1-4-17(24-20(27)12-5-7-13(23)8-6-12)19-15-9-14(10-16(15)19)25-18(26)11-22(2,3)21(25)28/h5-8,14-17,19H,4,9-11H2,1-3H3,(H,24,27)/t14?,15-,16+,17?,19?. The second-order valence-corrected chi connectivity index (χ2v) is 9.59. The van der Waals surface area contributed by atoms with Gasteiger partial charge in [0.05, 0.1) is 5.41 Å². The van der Waals surface area contributed by atoms with Crippen molar-refractivity contribution in [1.82, 2.24) is 10.2 Å². The Morgan fingerprint density at radius 1 is 1.21 bits per heavy atom. The van der Waals surface area contributed by atoms with E-state index in [0.29, 0.717) is 34.8 Å². The molecule has 1 aromatic rings. The summed E-state index contributed by atoms with van der Waals surface area (Å²) < 4.78 is 0. The van der Waals surface area contributed by atoms with E-state index < -0.39 is 5.41 Å². The largest absolute Gasteiger partial charge is 0.349 e. The van der Waals surface area contributed by atoms with Crippen molar-refractivity contribution < 1.29 is 14.4 Å². The number of nitrogens with one attached hydrogen (secondary N) is 1. The molecule has 150 valence electrons. The highest BCUT2D eigenvalue weighted by molar-refractivity contribution is 6.30. The second kappa shape index (κ2) is 6.87. The predicted octanol–water partition coefficient (Wildman–Crippen LogP) is 3.66. The van der Waals surface area contributed by atoms with E-state index in [1.54, 1.807) is 24.3 Å². The molecule has 1 N–H and O–H groups in total. The molecule has 1 aromatic carbocycles. The number of likely N-dealkylation sites (tertiary alicyclic amines) is 1. The fourth-order valence-electron chi connectivity index (χ4n) is 5.34. The van der Waals surface area contributed by atoms with Gasteiger partial charge >= 0.3 is 0 Å². The maximum atomic E-state index is 12.6. The zero-order valence-electron chi connectivity index (χ0n) is 16.6. The Morgan fingerprint density at radius 2 is 1.82 bits per heavy atom. The number of rotatable bonds is 5. The molecule has 0 radical (unpaired) electrons. The molecule has 6 heteroatoms. The zero-order chi connectivity index (χ0) is 20.2. The van der Waals surface area contributed by atoms with Gasteiger partial charge in [-0.15, -0.1) is 0 Å². The third-order valence-electron chi connectivity index (χ3n) is 6.84. The predicted molar refractivity (Wildman–Crippen MR) is 107 cm³/mol. The molecule has 0 bridgehead atoms. The highest BCUT2D eigenvalue weighted by Gasteiger charge is 2.61. The van der Waals surface area contributed by atoms with Gasteiger partial charge < -0.3 is 5.32 Å². The van der Waals surface area contributed by atoms with Crippen molar-refractivity contribution in [2.75, 3.05) is 0 Å². The number of halogens is 1. The van der Waals surface area contributed by atoms with Crippen molar-refractivity contribution >= 4 is 29.3 Å². The molecule has 1 saturated heterocycles. The molecular formula is C22H27ClN2O3. The summed E-state index contributed by atoms with van der Waals surface area (Å²) in [7, 11) is 0. The van der Waals surface area contributed by atoms with Crippen molar-refractivity contribution in [3.8, 4) is 0 Å². The summed E-state index contributed by atoms with van der Waals surface area (Å²) in [5.41, 5.74) is 0.0453. The van der Waals surface area contributed by atoms with Crippen LogP contribution in [0.15, 0.2) is 24.3 Å². The lowest BCUT2D eigenvalue weighted by Gasteiger charge is -2.27. The van der Waals surface area contributed by atoms with Gasteiger partial charge in [-0.1, -0.05) is 32.4 Å². The Bertz CT molecular complexity index is 808. The van der Waals surface area contributed by atoms with Gasteiger partial charge in [0, 0.05) is 29.1 Å². The Kier molecular flexibility index (Phi) is 4.77. The molecule has 2 saturated carbocycles. The first kappa shape index (κ1) is 19.4. The van der Waals surface area contributed by atoms with Crippen LogP contribution in [0.4, 0.5) is 0 Å². The monoisotopic (exact) mass is 402 g/mol. The fourth-order valence-corrected chi connectivity index (χ4v) is 5.47. The molecule has 5 nitrogen and oxygen atoms in total. The van der Waals surface area contributed by atoms with Crippen LogP contribution in [0.5, 0.6) is 0 Å². The summed E-state index contributed by atoms with van der Waals surface area (Å²) in [4.78, 5) is 39.0. The van der Waals surface area contributed by atoms with Crippen molar-refractivity contribution in [2.45, 2.75) is 58.5 Å². The van der Waals surface area contributed by atoms with E-state index in [1.807, 2.05) is 13.8 Å². The molecule has 0 spiro atoms. The molecule has 0 aromatic heterocycles. The average molecular weight is 403 g/mol. The van der Waals surface area contributed by atoms with Crippen LogP contribution in [0, 0.1) is 23.2 Å². The van der Waals surface area contributed by atoms with Gasteiger partial charge in [0.25, 0.3) is 5.91 Å². The fraction of sp³-hybridized carbons (Fsp3) is 0.591. The number of hydrogen-bond acceptors (Lipinski definition) is 3. The Balaban J connectivity index is 1.37. The summed E-state index contributed by atoms with van der Waals surface area (Å²) in [5.74, 6) is 1.30. The van der Waals surface area contributed by atoms with Crippen molar-refractivity contribution in [2.24, 2.45) is 23.2 Å². The Hall–Kier alpha value is -1.88. The molecule has 2 aliphatic carbocycles. The van der Waals surface area contributed by atoms with Crippen LogP contribution in [0.2, 0.25) is 5.02 Å². The first-order chi connectivity index (χ1) is 13.2. The van der Waals surface area contributed by atoms with E-state index >= 15 is 0 Å². The van der Waals surface area contributed by atoms with E-state index in [2.05, 4.69) is 12.2 Å². The topological polar surface area (TPSA) is 66.5 Å². The second-order valence-electron chi connectivity index (χ2n) is 9.15. The Morgan fingerprint density at radius 3 is 2.32 bits per heavy atom. The number of hydrogen-bond donors (Lipinski definition) is 1. The lowest BCUT2D eigenvalue weighted by atomic mass is 9.92. The van der Waals surface area contributed by atoms with Gasteiger partial charge in [0.2, 0.25) is 11.8 Å². The van der Waals surface area contributed by atoms with E-state index in [1.165, 1.54) is 4.90 Å². The van der Waals surface area contributed by atoms with Crippen LogP contribution in [0.1, 0.15) is 56.8 Å². The molecule has 28 heavy (non-hydrogen) atoms. The molecule has 4 rings (SSSR count). The van der Waals surface area contributed by atoms with Gasteiger partial charge in [0.15, 0.2) is 0 Å². The molecule has 3 amide bonds. The van der Waals surface area contributed by atoms with Gasteiger partial charge in [-0.05, 0) is 61.3 Å². The zero-order valence-corrected chi connectivity index (χ0v) is 17.3. The van der Waals surface area contributed by atoms with Crippen LogP contribution in [0.25, 0.3) is 0 Å². The molecule has 5 atom stereocenters. The van der Waals surface area contributed by atoms with E-state index in [9.17, 15) is 14.4 Å². The normalized spacial score (nSPS) is 31.6. The van der Waals surface area contributed by atoms with Gasteiger partial charge in [0.1, 0.15) is 0 Å². The van der Waals surface area contributed by atoms with Crippen LogP contribution >= 0.6 is 11.6 Å². The summed E-state index contributed by atoms with van der Waals surface area (Å²) in [5, 5.41) is 3.79. The number of amides is 3. The maximum absolute atomic E-state index is 12.6. The lowest BCUT2D eigenvalue weighted by molar-refractivity contribution is -0.143. The first-order valence-electron chi connectivity index (χ1n) is 10.2. The number of fused-ring (bicyclic) bond motifs is 1. The van der Waals surface area contributed by atoms with Crippen LogP contribution in [0.3, 0.4) is 0 Å². The number of carbonyl (C=O) groups is 3. The maximum Gasteiger partial charge on any atom is 0.251 e. The van der Waals surface area contributed by atoms with Crippen LogP contribution in [-0.4, -0.2) is 34.7 Å². The van der Waals surface area contributed by atoms with Gasteiger partial charge in [-0.2, -0.15) is 0 Å². The third-order valence-corrected chi connectivity index (χ3v) is 7.09. The minimum atomic E-state index is -0.568. The number of nitrogens with zero attached hydrogens (tertiary/aromatic N) is 1. The van der Waals surface area contributed by atoms with Crippen LogP contribution in [-0.2, 0) is 9.59 Å². The minimum Gasteiger partial charge on any atom is -0.349 e. The Labute approximate surface area is 170 Å².